The lowest BCUT2D eigenvalue weighted by atomic mass is 10.1. The summed E-state index contributed by atoms with van der Waals surface area (Å²) in [6.45, 7) is 1.23. The van der Waals surface area contributed by atoms with Crippen LogP contribution in [0.1, 0.15) is 11.1 Å². The molecule has 1 aromatic carbocycles. The summed E-state index contributed by atoms with van der Waals surface area (Å²) in [5, 5.41) is 14.5. The van der Waals surface area contributed by atoms with Gasteiger partial charge in [0.05, 0.1) is 11.6 Å². The molecular formula is C13H14ClN3O. The highest BCUT2D eigenvalue weighted by Gasteiger charge is 2.16. The minimum absolute atomic E-state index is 0. The fraction of sp³-hybridized carbons (Fsp3) is 0.231. The first-order valence-electron chi connectivity index (χ1n) is 5.46. The van der Waals surface area contributed by atoms with Crippen molar-refractivity contribution in [2.24, 2.45) is 0 Å². The number of amides is 1. The molecule has 1 heterocycles. The van der Waals surface area contributed by atoms with Crippen molar-refractivity contribution in [3.63, 3.8) is 0 Å². The molecule has 2 N–H and O–H groups in total. The molecule has 1 aromatic rings. The maximum atomic E-state index is 11.7. The molecule has 1 aliphatic heterocycles. The van der Waals surface area contributed by atoms with E-state index in [0.717, 1.165) is 12.1 Å². The number of nitrogens with zero attached hydrogens (tertiary/aromatic N) is 1. The quantitative estimate of drug-likeness (QED) is 0.804. The van der Waals surface area contributed by atoms with Gasteiger partial charge in [-0.15, -0.1) is 12.4 Å². The van der Waals surface area contributed by atoms with Crippen molar-refractivity contribution in [2.75, 3.05) is 6.54 Å². The maximum Gasteiger partial charge on any atom is 0.241 e. The average molecular weight is 264 g/mol. The van der Waals surface area contributed by atoms with Crippen LogP contribution in [0.3, 0.4) is 0 Å². The number of hydrogen-bond donors (Lipinski definition) is 2. The van der Waals surface area contributed by atoms with Gasteiger partial charge in [-0.05, 0) is 17.7 Å². The number of benzene rings is 1. The van der Waals surface area contributed by atoms with Crippen molar-refractivity contribution >= 4 is 18.3 Å². The zero-order valence-electron chi connectivity index (χ0n) is 9.72. The third kappa shape index (κ3) is 3.59. The number of carbonyl (C=O) groups excluding carboxylic acids is 1. The van der Waals surface area contributed by atoms with Crippen molar-refractivity contribution in [3.05, 3.63) is 47.5 Å². The normalized spacial score (nSPS) is 16.7. The summed E-state index contributed by atoms with van der Waals surface area (Å²) < 4.78 is 0. The molecule has 0 fully saturated rings. The zero-order valence-corrected chi connectivity index (χ0v) is 10.5. The number of nitrogens with one attached hydrogen (secondary N) is 2. The van der Waals surface area contributed by atoms with E-state index in [1.54, 1.807) is 12.1 Å². The lowest BCUT2D eigenvalue weighted by Gasteiger charge is -2.10. The Morgan fingerprint density at radius 3 is 2.72 bits per heavy atom. The molecule has 1 amide bonds. The van der Waals surface area contributed by atoms with E-state index in [4.69, 9.17) is 5.26 Å². The smallest absolute Gasteiger partial charge is 0.241 e. The molecule has 18 heavy (non-hydrogen) atoms. The molecule has 0 saturated carbocycles. The van der Waals surface area contributed by atoms with Gasteiger partial charge in [-0.3, -0.25) is 10.1 Å². The molecule has 0 aromatic heterocycles. The Kier molecular flexibility index (Phi) is 5.37. The van der Waals surface area contributed by atoms with Crippen LogP contribution in [-0.2, 0) is 11.3 Å². The Hall–Kier alpha value is -1.83. The van der Waals surface area contributed by atoms with Crippen LogP contribution in [0.2, 0.25) is 0 Å². The summed E-state index contributed by atoms with van der Waals surface area (Å²) in [6, 6.07) is 9.02. The highest BCUT2D eigenvalue weighted by atomic mass is 35.5. The second-order valence-corrected chi connectivity index (χ2v) is 3.84. The topological polar surface area (TPSA) is 64.9 Å². The summed E-state index contributed by atoms with van der Waals surface area (Å²) in [5.41, 5.74) is 1.61. The molecule has 0 radical (unpaired) electrons. The summed E-state index contributed by atoms with van der Waals surface area (Å²) in [4.78, 5) is 11.7. The molecule has 94 valence electrons. The SMILES string of the molecule is Cl.N#Cc1ccc(CNC(=O)C2C=CCN2)cc1. The molecule has 0 saturated heterocycles. The predicted molar refractivity (Wildman–Crippen MR) is 71.2 cm³/mol. The van der Waals surface area contributed by atoms with Crippen LogP contribution < -0.4 is 10.6 Å². The number of halogens is 1. The molecule has 1 unspecified atom stereocenters. The fourth-order valence-corrected chi connectivity index (χ4v) is 1.64. The van der Waals surface area contributed by atoms with Gasteiger partial charge in [-0.25, -0.2) is 0 Å². The zero-order chi connectivity index (χ0) is 12.1. The average Bonchev–Trinajstić information content (AvgIpc) is 2.90. The molecule has 0 spiro atoms. The van der Waals surface area contributed by atoms with Gasteiger partial charge in [-0.2, -0.15) is 5.26 Å². The summed E-state index contributed by atoms with van der Waals surface area (Å²) in [5.74, 6) is -0.0249. The Morgan fingerprint density at radius 1 is 1.44 bits per heavy atom. The second-order valence-electron chi connectivity index (χ2n) is 3.84. The van der Waals surface area contributed by atoms with Gasteiger partial charge in [-0.1, -0.05) is 24.3 Å². The van der Waals surface area contributed by atoms with Gasteiger partial charge in [0.25, 0.3) is 0 Å². The van der Waals surface area contributed by atoms with Crippen LogP contribution in [0, 0.1) is 11.3 Å². The Balaban J connectivity index is 0.00000162. The molecule has 1 aliphatic rings. The van der Waals surface area contributed by atoms with Crippen LogP contribution in [0.5, 0.6) is 0 Å². The molecule has 1 atom stereocenters. The second kappa shape index (κ2) is 6.80. The van der Waals surface area contributed by atoms with E-state index in [1.807, 2.05) is 24.3 Å². The van der Waals surface area contributed by atoms with E-state index in [9.17, 15) is 4.79 Å². The van der Waals surface area contributed by atoms with Gasteiger partial charge in [0.1, 0.15) is 6.04 Å². The van der Waals surface area contributed by atoms with Gasteiger partial charge < -0.3 is 5.32 Å². The number of rotatable bonds is 3. The van der Waals surface area contributed by atoms with Gasteiger partial charge >= 0.3 is 0 Å². The van der Waals surface area contributed by atoms with Gasteiger partial charge in [0.15, 0.2) is 0 Å². The van der Waals surface area contributed by atoms with E-state index in [-0.39, 0.29) is 24.4 Å². The van der Waals surface area contributed by atoms with E-state index in [1.165, 1.54) is 0 Å². The van der Waals surface area contributed by atoms with E-state index >= 15 is 0 Å². The van der Waals surface area contributed by atoms with E-state index in [2.05, 4.69) is 16.7 Å². The highest BCUT2D eigenvalue weighted by Crippen LogP contribution is 2.03. The Morgan fingerprint density at radius 2 is 2.17 bits per heavy atom. The molecule has 5 heteroatoms. The van der Waals surface area contributed by atoms with Crippen LogP contribution in [0.25, 0.3) is 0 Å². The van der Waals surface area contributed by atoms with Crippen LogP contribution in [-0.4, -0.2) is 18.5 Å². The Bertz CT molecular complexity index is 476. The Labute approximate surface area is 112 Å². The number of hydrogen-bond acceptors (Lipinski definition) is 3. The van der Waals surface area contributed by atoms with E-state index in [0.29, 0.717) is 12.1 Å². The fourth-order valence-electron chi connectivity index (χ4n) is 1.64. The third-order valence-electron chi connectivity index (χ3n) is 2.62. The highest BCUT2D eigenvalue weighted by molar-refractivity contribution is 5.85. The first-order chi connectivity index (χ1) is 8.29. The van der Waals surface area contributed by atoms with Gasteiger partial charge in [0.2, 0.25) is 5.91 Å². The summed E-state index contributed by atoms with van der Waals surface area (Å²) in [7, 11) is 0. The van der Waals surface area contributed by atoms with Crippen molar-refractivity contribution in [2.45, 2.75) is 12.6 Å². The molecule has 0 aliphatic carbocycles. The van der Waals surface area contributed by atoms with Crippen molar-refractivity contribution in [3.8, 4) is 6.07 Å². The van der Waals surface area contributed by atoms with Gasteiger partial charge in [0, 0.05) is 13.1 Å². The van der Waals surface area contributed by atoms with Crippen molar-refractivity contribution < 1.29 is 4.79 Å². The minimum atomic E-state index is -0.214. The predicted octanol–water partition coefficient (Wildman–Crippen LogP) is 1.12. The minimum Gasteiger partial charge on any atom is -0.350 e. The van der Waals surface area contributed by atoms with E-state index < -0.39 is 0 Å². The van der Waals surface area contributed by atoms with Crippen LogP contribution in [0.15, 0.2) is 36.4 Å². The van der Waals surface area contributed by atoms with Crippen molar-refractivity contribution in [1.82, 2.24) is 10.6 Å². The molecule has 4 nitrogen and oxygen atoms in total. The lowest BCUT2D eigenvalue weighted by Crippen LogP contribution is -2.40. The summed E-state index contributed by atoms with van der Waals surface area (Å²) in [6.07, 6.45) is 3.79. The first kappa shape index (κ1) is 14.2. The number of carbonyl (C=O) groups is 1. The lowest BCUT2D eigenvalue weighted by molar-refractivity contribution is -0.122. The molecular weight excluding hydrogens is 250 g/mol. The molecule has 0 bridgehead atoms. The first-order valence-corrected chi connectivity index (χ1v) is 5.46. The maximum absolute atomic E-state index is 11.7. The largest absolute Gasteiger partial charge is 0.350 e. The standard InChI is InChI=1S/C13H13N3O.ClH/c14-8-10-3-5-11(6-4-10)9-16-13(17)12-2-1-7-15-12;/h1-6,12,15H,7,9H2,(H,16,17);1H. The summed E-state index contributed by atoms with van der Waals surface area (Å²) >= 11 is 0. The number of nitriles is 1. The van der Waals surface area contributed by atoms with Crippen molar-refractivity contribution in [1.29, 1.82) is 5.26 Å². The molecule has 2 rings (SSSR count). The van der Waals surface area contributed by atoms with Crippen LogP contribution in [0.4, 0.5) is 0 Å². The van der Waals surface area contributed by atoms with Crippen LogP contribution >= 0.6 is 12.4 Å². The monoisotopic (exact) mass is 263 g/mol. The third-order valence-corrected chi connectivity index (χ3v) is 2.62.